The Labute approximate surface area is 106 Å². The molecule has 0 saturated carbocycles. The molecule has 1 heterocycles. The number of nitrogens with two attached hydrogens (primary N) is 1. The lowest BCUT2D eigenvalue weighted by molar-refractivity contribution is -0.0586. The lowest BCUT2D eigenvalue weighted by Gasteiger charge is -2.35. The first-order valence-corrected chi connectivity index (χ1v) is 5.97. The van der Waals surface area contributed by atoms with Crippen LogP contribution < -0.4 is 5.73 Å². The second-order valence-corrected chi connectivity index (χ2v) is 4.70. The van der Waals surface area contributed by atoms with Gasteiger partial charge in [-0.2, -0.15) is 0 Å². The van der Waals surface area contributed by atoms with Crippen LogP contribution >= 0.6 is 0 Å². The van der Waals surface area contributed by atoms with Gasteiger partial charge in [-0.25, -0.2) is 4.39 Å². The van der Waals surface area contributed by atoms with E-state index in [2.05, 4.69) is 0 Å². The third-order valence-corrected chi connectivity index (χ3v) is 2.95. The number of hydrogen-bond donors (Lipinski definition) is 1. The van der Waals surface area contributed by atoms with Crippen LogP contribution in [0.1, 0.15) is 24.2 Å². The molecular weight excluding hydrogens is 235 g/mol. The second kappa shape index (κ2) is 4.94. The Morgan fingerprint density at radius 2 is 2.00 bits per heavy atom. The molecule has 0 aliphatic carbocycles. The molecule has 1 saturated heterocycles. The predicted molar refractivity (Wildman–Crippen MR) is 66.7 cm³/mol. The van der Waals surface area contributed by atoms with Crippen LogP contribution in [0.25, 0.3) is 0 Å². The zero-order valence-electron chi connectivity index (χ0n) is 10.5. The first-order valence-electron chi connectivity index (χ1n) is 5.97. The maximum atomic E-state index is 13.3. The van der Waals surface area contributed by atoms with Crippen LogP contribution in [0.15, 0.2) is 18.2 Å². The van der Waals surface area contributed by atoms with E-state index in [9.17, 15) is 9.18 Å². The predicted octanol–water partition coefficient (Wildman–Crippen LogP) is 1.66. The van der Waals surface area contributed by atoms with Crippen molar-refractivity contribution in [3.05, 3.63) is 29.6 Å². The topological polar surface area (TPSA) is 55.6 Å². The summed E-state index contributed by atoms with van der Waals surface area (Å²) in [4.78, 5) is 13.9. The quantitative estimate of drug-likeness (QED) is 0.773. The molecule has 0 aromatic heterocycles. The first-order chi connectivity index (χ1) is 8.47. The fraction of sp³-hybridized carbons (Fsp3) is 0.462. The molecule has 2 rings (SSSR count). The van der Waals surface area contributed by atoms with Crippen LogP contribution in [-0.2, 0) is 4.74 Å². The van der Waals surface area contributed by atoms with E-state index in [1.165, 1.54) is 12.1 Å². The van der Waals surface area contributed by atoms with E-state index in [-0.39, 0.29) is 23.8 Å². The highest BCUT2D eigenvalue weighted by molar-refractivity contribution is 5.94. The summed E-state index contributed by atoms with van der Waals surface area (Å²) >= 11 is 0. The summed E-state index contributed by atoms with van der Waals surface area (Å²) in [6, 6.07) is 4.14. The maximum Gasteiger partial charge on any atom is 0.254 e. The van der Waals surface area contributed by atoms with Crippen molar-refractivity contribution in [3.8, 4) is 0 Å². The summed E-state index contributed by atoms with van der Waals surface area (Å²) in [5.41, 5.74) is 5.76. The van der Waals surface area contributed by atoms with E-state index in [0.29, 0.717) is 18.7 Å². The van der Waals surface area contributed by atoms with Crippen molar-refractivity contribution < 1.29 is 13.9 Å². The number of hydrogen-bond acceptors (Lipinski definition) is 3. The van der Waals surface area contributed by atoms with E-state index < -0.39 is 5.82 Å². The van der Waals surface area contributed by atoms with Crippen molar-refractivity contribution in [2.24, 2.45) is 0 Å². The minimum atomic E-state index is -0.560. The molecule has 18 heavy (non-hydrogen) atoms. The number of benzene rings is 1. The Morgan fingerprint density at radius 1 is 1.39 bits per heavy atom. The van der Waals surface area contributed by atoms with Crippen molar-refractivity contribution in [3.63, 3.8) is 0 Å². The van der Waals surface area contributed by atoms with E-state index in [4.69, 9.17) is 10.5 Å². The Bertz CT molecular complexity index is 454. The Kier molecular flexibility index (Phi) is 3.52. The minimum absolute atomic E-state index is 0.00340. The second-order valence-electron chi connectivity index (χ2n) is 4.70. The molecule has 1 fully saturated rings. The summed E-state index contributed by atoms with van der Waals surface area (Å²) in [7, 11) is 0. The molecule has 1 aromatic rings. The number of ether oxygens (including phenoxy) is 1. The van der Waals surface area contributed by atoms with Crippen molar-refractivity contribution in [1.29, 1.82) is 0 Å². The molecule has 0 bridgehead atoms. The van der Waals surface area contributed by atoms with Crippen LogP contribution in [0.3, 0.4) is 0 Å². The zero-order valence-corrected chi connectivity index (χ0v) is 10.5. The van der Waals surface area contributed by atoms with Gasteiger partial charge in [0.05, 0.1) is 17.9 Å². The number of halogens is 1. The van der Waals surface area contributed by atoms with Crippen LogP contribution in [0.4, 0.5) is 10.1 Å². The molecule has 2 N–H and O–H groups in total. The van der Waals surface area contributed by atoms with Gasteiger partial charge in [0.25, 0.3) is 5.91 Å². The number of nitrogens with zero attached hydrogens (tertiary/aromatic N) is 1. The summed E-state index contributed by atoms with van der Waals surface area (Å²) in [6.07, 6.45) is -0.00680. The summed E-state index contributed by atoms with van der Waals surface area (Å²) in [6.45, 7) is 4.88. The fourth-order valence-electron chi connectivity index (χ4n) is 2.19. The minimum Gasteiger partial charge on any atom is -0.396 e. The monoisotopic (exact) mass is 252 g/mol. The SMILES string of the molecule is C[C@@H]1CN(C(=O)c2ccc(N)c(F)c2)C[C@H](C)O1. The average Bonchev–Trinajstić information content (AvgIpc) is 2.30. The molecule has 0 spiro atoms. The van der Waals surface area contributed by atoms with E-state index in [0.717, 1.165) is 0 Å². The lowest BCUT2D eigenvalue weighted by atomic mass is 10.1. The smallest absolute Gasteiger partial charge is 0.254 e. The zero-order chi connectivity index (χ0) is 13.3. The lowest BCUT2D eigenvalue weighted by Crippen LogP contribution is -2.48. The van der Waals surface area contributed by atoms with Crippen molar-refractivity contribution >= 4 is 11.6 Å². The molecule has 1 aliphatic rings. The first kappa shape index (κ1) is 12.8. The third kappa shape index (κ3) is 2.61. The molecule has 2 atom stereocenters. The molecule has 0 radical (unpaired) electrons. The summed E-state index contributed by atoms with van der Waals surface area (Å²) in [5.74, 6) is -0.744. The highest BCUT2D eigenvalue weighted by Gasteiger charge is 2.26. The Morgan fingerprint density at radius 3 is 2.56 bits per heavy atom. The van der Waals surface area contributed by atoms with Crippen LogP contribution in [-0.4, -0.2) is 36.1 Å². The van der Waals surface area contributed by atoms with Gasteiger partial charge < -0.3 is 15.4 Å². The molecule has 5 heteroatoms. The van der Waals surface area contributed by atoms with Gasteiger partial charge in [0, 0.05) is 18.7 Å². The standard InChI is InChI=1S/C13H17FN2O2/c1-8-6-16(7-9(2)18-8)13(17)10-3-4-12(15)11(14)5-10/h3-5,8-9H,6-7,15H2,1-2H3/t8-,9+. The van der Waals surface area contributed by atoms with Crippen LogP contribution in [0.5, 0.6) is 0 Å². The molecule has 1 aliphatic heterocycles. The molecule has 1 amide bonds. The maximum absolute atomic E-state index is 13.3. The van der Waals surface area contributed by atoms with Gasteiger partial charge in [0.15, 0.2) is 0 Å². The third-order valence-electron chi connectivity index (χ3n) is 2.95. The summed E-state index contributed by atoms with van der Waals surface area (Å²) in [5, 5.41) is 0. The highest BCUT2D eigenvalue weighted by atomic mass is 19.1. The van der Waals surface area contributed by atoms with E-state index in [1.54, 1.807) is 11.0 Å². The number of amides is 1. The number of rotatable bonds is 1. The van der Waals surface area contributed by atoms with E-state index >= 15 is 0 Å². The molecule has 4 nitrogen and oxygen atoms in total. The van der Waals surface area contributed by atoms with Gasteiger partial charge in [-0.05, 0) is 32.0 Å². The Hall–Kier alpha value is -1.62. The normalized spacial score (nSPS) is 24.1. The highest BCUT2D eigenvalue weighted by Crippen LogP contribution is 2.17. The molecule has 98 valence electrons. The largest absolute Gasteiger partial charge is 0.396 e. The number of carbonyl (C=O) groups excluding carboxylic acids is 1. The molecule has 0 unspecified atom stereocenters. The van der Waals surface area contributed by atoms with Crippen LogP contribution in [0.2, 0.25) is 0 Å². The molecule has 1 aromatic carbocycles. The molecular formula is C13H17FN2O2. The fourth-order valence-corrected chi connectivity index (χ4v) is 2.19. The van der Waals surface area contributed by atoms with Gasteiger partial charge in [0.2, 0.25) is 0 Å². The Balaban J connectivity index is 2.17. The number of carbonyl (C=O) groups is 1. The average molecular weight is 252 g/mol. The number of nitrogen functional groups attached to an aromatic ring is 1. The van der Waals surface area contributed by atoms with Gasteiger partial charge >= 0.3 is 0 Å². The van der Waals surface area contributed by atoms with Gasteiger partial charge in [-0.3, -0.25) is 4.79 Å². The van der Waals surface area contributed by atoms with E-state index in [1.807, 2.05) is 13.8 Å². The van der Waals surface area contributed by atoms with Crippen molar-refractivity contribution in [1.82, 2.24) is 4.90 Å². The van der Waals surface area contributed by atoms with Gasteiger partial charge in [0.1, 0.15) is 5.82 Å². The summed E-state index contributed by atoms with van der Waals surface area (Å²) < 4.78 is 18.9. The number of anilines is 1. The number of morpholine rings is 1. The van der Waals surface area contributed by atoms with Crippen molar-refractivity contribution in [2.45, 2.75) is 26.1 Å². The van der Waals surface area contributed by atoms with Crippen molar-refractivity contribution in [2.75, 3.05) is 18.8 Å². The van der Waals surface area contributed by atoms with Crippen LogP contribution in [0, 0.1) is 5.82 Å². The van der Waals surface area contributed by atoms with Gasteiger partial charge in [-0.1, -0.05) is 0 Å². The van der Waals surface area contributed by atoms with Gasteiger partial charge in [-0.15, -0.1) is 0 Å².